The molecule has 0 aliphatic heterocycles. The lowest BCUT2D eigenvalue weighted by molar-refractivity contribution is -0.116. The van der Waals surface area contributed by atoms with Crippen molar-refractivity contribution in [2.45, 2.75) is 19.3 Å². The van der Waals surface area contributed by atoms with Gasteiger partial charge in [-0.15, -0.1) is 0 Å². The van der Waals surface area contributed by atoms with E-state index in [0.29, 0.717) is 17.3 Å². The summed E-state index contributed by atoms with van der Waals surface area (Å²) in [5.41, 5.74) is 1.15. The summed E-state index contributed by atoms with van der Waals surface area (Å²) in [4.78, 5) is 15.9. The number of halogens is 1. The summed E-state index contributed by atoms with van der Waals surface area (Å²) in [5, 5.41) is 3.31. The number of carbonyl (C=O) groups excluding carboxylic acids is 1. The lowest BCUT2D eigenvalue weighted by Gasteiger charge is -2.11. The van der Waals surface area contributed by atoms with Crippen molar-refractivity contribution in [3.05, 3.63) is 59.2 Å². The molecule has 2 rings (SSSR count). The number of hydrogen-bond donors (Lipinski definition) is 1. The van der Waals surface area contributed by atoms with Crippen LogP contribution in [0.3, 0.4) is 0 Å². The maximum atomic E-state index is 11.9. The van der Waals surface area contributed by atoms with Crippen molar-refractivity contribution in [2.75, 3.05) is 5.32 Å². The summed E-state index contributed by atoms with van der Waals surface area (Å²) >= 11 is 5.74. The Kier molecular flexibility index (Phi) is 4.53. The van der Waals surface area contributed by atoms with Gasteiger partial charge in [-0.2, -0.15) is 0 Å². The molecule has 0 aliphatic carbocycles. The summed E-state index contributed by atoms with van der Waals surface area (Å²) in [6.45, 7) is 2.03. The van der Waals surface area contributed by atoms with Crippen LogP contribution in [-0.4, -0.2) is 10.9 Å². The minimum atomic E-state index is -0.0498. The zero-order chi connectivity index (χ0) is 13.7. The van der Waals surface area contributed by atoms with E-state index in [2.05, 4.69) is 10.3 Å². The van der Waals surface area contributed by atoms with Crippen LogP contribution >= 0.6 is 11.6 Å². The summed E-state index contributed by atoms with van der Waals surface area (Å²) in [6.07, 6.45) is 1.94. The average molecular weight is 275 g/mol. The van der Waals surface area contributed by atoms with Crippen molar-refractivity contribution in [1.82, 2.24) is 4.98 Å². The van der Waals surface area contributed by atoms with Crippen molar-refractivity contribution in [2.24, 2.45) is 0 Å². The third-order valence-corrected chi connectivity index (χ3v) is 3.08. The number of amides is 1. The fourth-order valence-electron chi connectivity index (χ4n) is 1.82. The van der Waals surface area contributed by atoms with E-state index in [1.165, 1.54) is 6.20 Å². The number of carbonyl (C=O) groups is 1. The third kappa shape index (κ3) is 4.07. The van der Waals surface area contributed by atoms with Crippen molar-refractivity contribution in [3.8, 4) is 0 Å². The first-order valence-electron chi connectivity index (χ1n) is 6.11. The van der Waals surface area contributed by atoms with Gasteiger partial charge in [-0.05, 0) is 23.6 Å². The van der Waals surface area contributed by atoms with Gasteiger partial charge in [0.15, 0.2) is 0 Å². The molecule has 4 heteroatoms. The molecule has 98 valence electrons. The number of rotatable bonds is 4. The Morgan fingerprint density at radius 2 is 2.00 bits per heavy atom. The number of nitrogens with zero attached hydrogens (tertiary/aromatic N) is 1. The largest absolute Gasteiger partial charge is 0.311 e. The summed E-state index contributed by atoms with van der Waals surface area (Å²) < 4.78 is 0. The van der Waals surface area contributed by atoms with E-state index >= 15 is 0 Å². The van der Waals surface area contributed by atoms with Crippen LogP contribution in [0.25, 0.3) is 0 Å². The zero-order valence-electron chi connectivity index (χ0n) is 10.6. The molecule has 0 fully saturated rings. The molecule has 1 atom stereocenters. The number of pyridine rings is 1. The number of hydrogen-bond acceptors (Lipinski definition) is 2. The molecule has 0 bridgehead atoms. The fourth-order valence-corrected chi connectivity index (χ4v) is 1.93. The molecule has 1 N–H and O–H groups in total. The maximum Gasteiger partial charge on any atom is 0.226 e. The first-order chi connectivity index (χ1) is 9.15. The second-order valence-electron chi connectivity index (χ2n) is 4.43. The SMILES string of the molecule is C[C@@H](CC(=O)Nc1ccc(Cl)cn1)c1ccccc1. The van der Waals surface area contributed by atoms with Crippen LogP contribution in [-0.2, 0) is 4.79 Å². The Hall–Kier alpha value is -1.87. The van der Waals surface area contributed by atoms with Gasteiger partial charge in [0.1, 0.15) is 5.82 Å². The zero-order valence-corrected chi connectivity index (χ0v) is 11.4. The van der Waals surface area contributed by atoms with Crippen LogP contribution in [0.15, 0.2) is 48.7 Å². The standard InChI is InChI=1S/C15H15ClN2O/c1-11(12-5-3-2-4-6-12)9-15(19)18-14-8-7-13(16)10-17-14/h2-8,10-11H,9H2,1H3,(H,17,18,19)/t11-/m0/s1. The topological polar surface area (TPSA) is 42.0 Å². The lowest BCUT2D eigenvalue weighted by atomic mass is 9.98. The average Bonchev–Trinajstić information content (AvgIpc) is 2.42. The Morgan fingerprint density at radius 3 is 2.63 bits per heavy atom. The Morgan fingerprint density at radius 1 is 1.26 bits per heavy atom. The van der Waals surface area contributed by atoms with E-state index in [4.69, 9.17) is 11.6 Å². The molecule has 0 spiro atoms. The van der Waals surface area contributed by atoms with Gasteiger partial charge in [0, 0.05) is 12.6 Å². The van der Waals surface area contributed by atoms with Crippen LogP contribution in [0, 0.1) is 0 Å². The molecule has 0 unspecified atom stereocenters. The van der Waals surface area contributed by atoms with Crippen LogP contribution in [0.5, 0.6) is 0 Å². The quantitative estimate of drug-likeness (QED) is 0.920. The second-order valence-corrected chi connectivity index (χ2v) is 4.86. The fraction of sp³-hybridized carbons (Fsp3) is 0.200. The minimum Gasteiger partial charge on any atom is -0.311 e. The van der Waals surface area contributed by atoms with Crippen molar-refractivity contribution >= 4 is 23.3 Å². The predicted molar refractivity (Wildman–Crippen MR) is 77.4 cm³/mol. The van der Waals surface area contributed by atoms with E-state index in [0.717, 1.165) is 5.56 Å². The maximum absolute atomic E-state index is 11.9. The Balaban J connectivity index is 1.93. The second kappa shape index (κ2) is 6.34. The predicted octanol–water partition coefficient (Wildman–Crippen LogP) is 3.87. The third-order valence-electron chi connectivity index (χ3n) is 2.86. The van der Waals surface area contributed by atoms with Crippen LogP contribution in [0.2, 0.25) is 5.02 Å². The molecular formula is C15H15ClN2O. The number of benzene rings is 1. The van der Waals surface area contributed by atoms with Gasteiger partial charge in [0.05, 0.1) is 5.02 Å². The van der Waals surface area contributed by atoms with Gasteiger partial charge in [-0.25, -0.2) is 4.98 Å². The van der Waals surface area contributed by atoms with E-state index in [1.807, 2.05) is 37.3 Å². The molecule has 3 nitrogen and oxygen atoms in total. The molecule has 1 aromatic heterocycles. The molecule has 0 saturated carbocycles. The molecule has 1 amide bonds. The highest BCUT2D eigenvalue weighted by molar-refractivity contribution is 6.30. The van der Waals surface area contributed by atoms with Gasteiger partial charge in [-0.3, -0.25) is 4.79 Å². The van der Waals surface area contributed by atoms with E-state index in [9.17, 15) is 4.79 Å². The monoisotopic (exact) mass is 274 g/mol. The van der Waals surface area contributed by atoms with E-state index in [-0.39, 0.29) is 11.8 Å². The van der Waals surface area contributed by atoms with E-state index in [1.54, 1.807) is 12.1 Å². The van der Waals surface area contributed by atoms with Crippen LogP contribution < -0.4 is 5.32 Å². The van der Waals surface area contributed by atoms with Crippen molar-refractivity contribution in [1.29, 1.82) is 0 Å². The Labute approximate surface area is 117 Å². The van der Waals surface area contributed by atoms with Crippen molar-refractivity contribution in [3.63, 3.8) is 0 Å². The molecular weight excluding hydrogens is 260 g/mol. The molecule has 0 radical (unpaired) electrons. The molecule has 1 aromatic carbocycles. The highest BCUT2D eigenvalue weighted by atomic mass is 35.5. The number of aromatic nitrogens is 1. The van der Waals surface area contributed by atoms with Gasteiger partial charge in [-0.1, -0.05) is 48.9 Å². The number of anilines is 1. The summed E-state index contributed by atoms with van der Waals surface area (Å²) in [5.74, 6) is 0.648. The molecule has 19 heavy (non-hydrogen) atoms. The summed E-state index contributed by atoms with van der Waals surface area (Å²) in [6, 6.07) is 13.4. The first-order valence-corrected chi connectivity index (χ1v) is 6.49. The molecule has 2 aromatic rings. The lowest BCUT2D eigenvalue weighted by Crippen LogP contribution is -2.15. The molecule has 1 heterocycles. The smallest absolute Gasteiger partial charge is 0.226 e. The minimum absolute atomic E-state index is 0.0498. The van der Waals surface area contributed by atoms with Gasteiger partial charge in [0.25, 0.3) is 0 Å². The number of nitrogens with one attached hydrogen (secondary N) is 1. The van der Waals surface area contributed by atoms with Gasteiger partial charge < -0.3 is 5.32 Å². The molecule has 0 saturated heterocycles. The summed E-state index contributed by atoms with van der Waals surface area (Å²) in [7, 11) is 0. The highest BCUT2D eigenvalue weighted by Crippen LogP contribution is 2.19. The van der Waals surface area contributed by atoms with Crippen LogP contribution in [0.4, 0.5) is 5.82 Å². The normalized spacial score (nSPS) is 11.9. The molecule has 0 aliphatic rings. The highest BCUT2D eigenvalue weighted by Gasteiger charge is 2.11. The van der Waals surface area contributed by atoms with Gasteiger partial charge in [0.2, 0.25) is 5.91 Å². The Bertz CT molecular complexity index is 540. The van der Waals surface area contributed by atoms with Gasteiger partial charge >= 0.3 is 0 Å². The van der Waals surface area contributed by atoms with E-state index < -0.39 is 0 Å². The van der Waals surface area contributed by atoms with Crippen LogP contribution in [0.1, 0.15) is 24.8 Å². The van der Waals surface area contributed by atoms with Crippen molar-refractivity contribution < 1.29 is 4.79 Å². The first kappa shape index (κ1) is 13.6.